The highest BCUT2D eigenvalue weighted by Gasteiger charge is 2.56. The largest absolute Gasteiger partial charge is 0.397 e. The average molecular weight is 210 g/mol. The molecule has 0 aliphatic carbocycles. The molecule has 0 saturated heterocycles. The molecule has 0 atom stereocenters. The Hall–Kier alpha value is 0.274. The fraction of sp³-hybridized carbons (Fsp3) is 1.00. The van der Waals surface area contributed by atoms with E-state index in [0.29, 0.717) is 0 Å². The minimum atomic E-state index is -2.26. The molecule has 0 unspecified atom stereocenters. The second-order valence-corrected chi connectivity index (χ2v) is 13.6. The Morgan fingerprint density at radius 1 is 0.583 bits per heavy atom. The van der Waals surface area contributed by atoms with Crippen LogP contribution in [0.1, 0.15) is 0 Å². The second-order valence-electron chi connectivity index (χ2n) is 2.71. The lowest BCUT2D eigenvalue weighted by atomic mass is 11.8. The first-order valence-corrected chi connectivity index (χ1v) is 9.33. The van der Waals surface area contributed by atoms with Gasteiger partial charge in [0.2, 0.25) is 0 Å². The molecule has 0 N–H and O–H groups in total. The highest BCUT2D eigenvalue weighted by atomic mass is 29.3. The van der Waals surface area contributed by atoms with Crippen molar-refractivity contribution in [2.75, 3.05) is 28.4 Å². The summed E-state index contributed by atoms with van der Waals surface area (Å²) in [5.74, 6) is 0. The first-order valence-electron chi connectivity index (χ1n) is 3.70. The van der Waals surface area contributed by atoms with E-state index < -0.39 is 16.2 Å². The molecule has 0 saturated carbocycles. The van der Waals surface area contributed by atoms with Crippen LogP contribution in [0.25, 0.3) is 0 Å². The zero-order valence-corrected chi connectivity index (χ0v) is 10.6. The molecule has 0 aliphatic rings. The highest BCUT2D eigenvalue weighted by Crippen LogP contribution is 2.21. The van der Waals surface area contributed by atoms with Crippen LogP contribution in [0.15, 0.2) is 0 Å². The van der Waals surface area contributed by atoms with E-state index in [9.17, 15) is 0 Å². The summed E-state index contributed by atoms with van der Waals surface area (Å²) in [7, 11) is 2.04. The molecule has 0 fully saturated rings. The van der Waals surface area contributed by atoms with Gasteiger partial charge in [0.15, 0.2) is 0 Å². The fourth-order valence-electron chi connectivity index (χ4n) is 0.908. The Morgan fingerprint density at radius 3 is 0.833 bits per heavy atom. The Bertz CT molecular complexity index is 118. The summed E-state index contributed by atoms with van der Waals surface area (Å²) in [6.07, 6.45) is 0. The van der Waals surface area contributed by atoms with Gasteiger partial charge in [0.05, 0.1) is 0 Å². The molecule has 0 aromatic carbocycles. The first-order chi connectivity index (χ1) is 5.49. The Morgan fingerprint density at radius 2 is 0.750 bits per heavy atom. The Labute approximate surface area is 76.1 Å². The normalized spacial score (nSPS) is 13.5. The smallest absolute Gasteiger partial charge is 0.380 e. The lowest BCUT2D eigenvalue weighted by molar-refractivity contribution is 0.210. The van der Waals surface area contributed by atoms with Crippen LogP contribution in [0.5, 0.6) is 0 Å². The number of rotatable bonds is 5. The highest BCUT2D eigenvalue weighted by molar-refractivity contribution is 7.31. The summed E-state index contributed by atoms with van der Waals surface area (Å²) >= 11 is 0. The Balaban J connectivity index is 4.66. The van der Waals surface area contributed by atoms with Gasteiger partial charge in [-0.1, -0.05) is 0 Å². The summed E-state index contributed by atoms with van der Waals surface area (Å²) < 4.78 is 21.4. The van der Waals surface area contributed by atoms with Gasteiger partial charge < -0.3 is 17.7 Å². The zero-order chi connectivity index (χ0) is 9.83. The van der Waals surface area contributed by atoms with Gasteiger partial charge in [-0.2, -0.15) is 0 Å². The maximum absolute atomic E-state index is 5.36. The van der Waals surface area contributed by atoms with E-state index in [1.165, 1.54) is 0 Å². The maximum atomic E-state index is 5.36. The predicted octanol–water partition coefficient (Wildman–Crippen LogP) is 0.794. The van der Waals surface area contributed by atoms with Crippen molar-refractivity contribution in [1.29, 1.82) is 0 Å². The standard InChI is InChI=1S/C6H18O4Si2/c1-7-11(5,8-2)12(6,9-3)10-4/h1-6H3. The molecule has 0 aliphatic heterocycles. The summed E-state index contributed by atoms with van der Waals surface area (Å²) in [5.41, 5.74) is 0. The molecule has 0 heterocycles. The molecule has 0 spiro atoms. The van der Waals surface area contributed by atoms with Crippen LogP contribution < -0.4 is 0 Å². The predicted molar refractivity (Wildman–Crippen MR) is 51.3 cm³/mol. The average Bonchev–Trinajstić information content (AvgIpc) is 2.15. The van der Waals surface area contributed by atoms with Crippen molar-refractivity contribution in [2.24, 2.45) is 0 Å². The number of hydrogen-bond acceptors (Lipinski definition) is 4. The first kappa shape index (κ1) is 12.3. The van der Waals surface area contributed by atoms with E-state index >= 15 is 0 Å². The molecule has 0 aromatic heterocycles. The fourth-order valence-corrected chi connectivity index (χ4v) is 7.17. The molecule has 12 heavy (non-hydrogen) atoms. The summed E-state index contributed by atoms with van der Waals surface area (Å²) in [4.78, 5) is 0. The topological polar surface area (TPSA) is 36.9 Å². The van der Waals surface area contributed by atoms with Gasteiger partial charge in [0.25, 0.3) is 0 Å². The van der Waals surface area contributed by atoms with Crippen molar-refractivity contribution in [2.45, 2.75) is 13.1 Å². The van der Waals surface area contributed by atoms with E-state index in [2.05, 4.69) is 0 Å². The van der Waals surface area contributed by atoms with Crippen molar-refractivity contribution in [3.63, 3.8) is 0 Å². The Kier molecular flexibility index (Phi) is 4.60. The quantitative estimate of drug-likeness (QED) is 0.629. The molecule has 0 amide bonds. The van der Waals surface area contributed by atoms with Crippen molar-refractivity contribution in [1.82, 2.24) is 0 Å². The van der Waals surface area contributed by atoms with E-state index in [0.717, 1.165) is 0 Å². The van der Waals surface area contributed by atoms with Gasteiger partial charge in [-0.05, 0) is 13.1 Å². The van der Waals surface area contributed by atoms with Gasteiger partial charge in [0.1, 0.15) is 0 Å². The van der Waals surface area contributed by atoms with Crippen molar-refractivity contribution in [3.05, 3.63) is 0 Å². The van der Waals surface area contributed by atoms with E-state index in [4.69, 9.17) is 17.7 Å². The third kappa shape index (κ3) is 1.95. The zero-order valence-electron chi connectivity index (χ0n) is 8.63. The van der Waals surface area contributed by atoms with Crippen LogP contribution in [0.2, 0.25) is 13.1 Å². The summed E-state index contributed by atoms with van der Waals surface area (Å²) in [5, 5.41) is 0. The summed E-state index contributed by atoms with van der Waals surface area (Å²) in [6.45, 7) is 3.90. The van der Waals surface area contributed by atoms with Gasteiger partial charge in [0, 0.05) is 28.4 Å². The maximum Gasteiger partial charge on any atom is 0.380 e. The molecule has 0 radical (unpaired) electrons. The van der Waals surface area contributed by atoms with Gasteiger partial charge in [-0.25, -0.2) is 0 Å². The van der Waals surface area contributed by atoms with Crippen LogP contribution in [0.3, 0.4) is 0 Å². The van der Waals surface area contributed by atoms with Crippen LogP contribution in [-0.2, 0) is 17.7 Å². The minimum Gasteiger partial charge on any atom is -0.397 e. The van der Waals surface area contributed by atoms with E-state index in [1.54, 1.807) is 28.4 Å². The van der Waals surface area contributed by atoms with Gasteiger partial charge in [-0.15, -0.1) is 0 Å². The molecule has 0 aromatic rings. The van der Waals surface area contributed by atoms with Crippen LogP contribution in [0.4, 0.5) is 0 Å². The SMILES string of the molecule is CO[Si](C)(OC)[Si](C)(OC)OC. The molecule has 74 valence electrons. The van der Waals surface area contributed by atoms with E-state index in [1.807, 2.05) is 13.1 Å². The van der Waals surface area contributed by atoms with Crippen molar-refractivity contribution in [3.8, 4) is 0 Å². The monoisotopic (exact) mass is 210 g/mol. The van der Waals surface area contributed by atoms with Crippen LogP contribution in [-0.4, -0.2) is 44.6 Å². The third-order valence-corrected chi connectivity index (χ3v) is 14.5. The van der Waals surface area contributed by atoms with Gasteiger partial charge in [-0.3, -0.25) is 0 Å². The van der Waals surface area contributed by atoms with Crippen LogP contribution >= 0.6 is 0 Å². The molecule has 6 heteroatoms. The second kappa shape index (κ2) is 4.49. The summed E-state index contributed by atoms with van der Waals surface area (Å²) in [6, 6.07) is 0. The van der Waals surface area contributed by atoms with Crippen LogP contribution in [0, 0.1) is 0 Å². The lowest BCUT2D eigenvalue weighted by Gasteiger charge is -2.35. The van der Waals surface area contributed by atoms with Gasteiger partial charge >= 0.3 is 16.2 Å². The third-order valence-electron chi connectivity index (χ3n) is 2.38. The molecular formula is C6H18O4Si2. The number of hydrogen-bond donors (Lipinski definition) is 0. The minimum absolute atomic E-state index is 1.64. The van der Waals surface area contributed by atoms with Crippen molar-refractivity contribution >= 4 is 16.2 Å². The lowest BCUT2D eigenvalue weighted by Crippen LogP contribution is -2.65. The molecular weight excluding hydrogens is 192 g/mol. The van der Waals surface area contributed by atoms with Crippen molar-refractivity contribution < 1.29 is 17.7 Å². The molecule has 4 nitrogen and oxygen atoms in total. The molecule has 0 bridgehead atoms. The van der Waals surface area contributed by atoms with E-state index in [-0.39, 0.29) is 0 Å². The molecule has 0 rings (SSSR count).